The van der Waals surface area contributed by atoms with Crippen molar-refractivity contribution in [1.29, 1.82) is 0 Å². The predicted molar refractivity (Wildman–Crippen MR) is 119 cm³/mol. The van der Waals surface area contributed by atoms with Gasteiger partial charge in [0.05, 0.1) is 18.4 Å². The first-order valence-corrected chi connectivity index (χ1v) is 11.0. The highest BCUT2D eigenvalue weighted by molar-refractivity contribution is 7.99. The third-order valence-corrected chi connectivity index (χ3v) is 5.59. The molecule has 1 N–H and O–H groups in total. The normalized spacial score (nSPS) is 12.3. The van der Waals surface area contributed by atoms with Crippen LogP contribution in [-0.2, 0) is 17.5 Å². The summed E-state index contributed by atoms with van der Waals surface area (Å²) in [5.41, 5.74) is -0.493. The molecular weight excluding hydrogens is 457 g/mol. The van der Waals surface area contributed by atoms with Crippen LogP contribution >= 0.6 is 11.8 Å². The molecule has 3 rings (SSSR count). The molecule has 0 aliphatic heterocycles. The van der Waals surface area contributed by atoms with E-state index in [2.05, 4.69) is 15.5 Å². The molecule has 11 heteroatoms. The minimum absolute atomic E-state index is 0.0148. The van der Waals surface area contributed by atoms with Gasteiger partial charge in [0.2, 0.25) is 5.91 Å². The Hall–Kier alpha value is -3.21. The number of halogens is 3. The van der Waals surface area contributed by atoms with Crippen LogP contribution in [-0.4, -0.2) is 33.5 Å². The van der Waals surface area contributed by atoms with Gasteiger partial charge in [0, 0.05) is 12.2 Å². The fraction of sp³-hybridized carbons (Fsp3) is 0.318. The molecule has 0 saturated heterocycles. The van der Waals surface area contributed by atoms with Crippen molar-refractivity contribution in [1.82, 2.24) is 14.8 Å². The van der Waals surface area contributed by atoms with Crippen LogP contribution in [0.1, 0.15) is 31.3 Å². The Kier molecular flexibility index (Phi) is 7.85. The van der Waals surface area contributed by atoms with Crippen LogP contribution in [0.3, 0.4) is 0 Å². The van der Waals surface area contributed by atoms with Crippen molar-refractivity contribution in [3.05, 3.63) is 59.9 Å². The summed E-state index contributed by atoms with van der Waals surface area (Å²) in [5, 5.41) is 11.5. The zero-order chi connectivity index (χ0) is 24.0. The smallest absolute Gasteiger partial charge is 0.416 e. The lowest BCUT2D eigenvalue weighted by Crippen LogP contribution is -2.15. The van der Waals surface area contributed by atoms with Gasteiger partial charge in [-0.2, -0.15) is 13.2 Å². The van der Waals surface area contributed by atoms with Gasteiger partial charge in [0.15, 0.2) is 28.6 Å². The van der Waals surface area contributed by atoms with Crippen molar-refractivity contribution in [2.24, 2.45) is 0 Å². The van der Waals surface area contributed by atoms with Crippen LogP contribution in [0.5, 0.6) is 11.5 Å². The number of thioether (sulfide) groups is 1. The van der Waals surface area contributed by atoms with Gasteiger partial charge in [0.1, 0.15) is 0 Å². The highest BCUT2D eigenvalue weighted by atomic mass is 32.2. The number of hydrogen-bond donors (Lipinski definition) is 1. The van der Waals surface area contributed by atoms with Gasteiger partial charge in [-0.05, 0) is 50.2 Å². The lowest BCUT2D eigenvalue weighted by atomic mass is 10.2. The number of amides is 1. The van der Waals surface area contributed by atoms with E-state index in [1.165, 1.54) is 23.9 Å². The number of ether oxygens (including phenoxy) is 2. The Morgan fingerprint density at radius 2 is 1.79 bits per heavy atom. The summed E-state index contributed by atoms with van der Waals surface area (Å²) in [6, 6.07) is 11.6. The third-order valence-electron chi connectivity index (χ3n) is 4.63. The molecule has 0 bridgehead atoms. The van der Waals surface area contributed by atoms with Crippen LogP contribution in [0.2, 0.25) is 0 Å². The number of carbonyl (C=O) groups excluding carboxylic acids is 1. The second-order valence-corrected chi connectivity index (χ2v) is 7.85. The Morgan fingerprint density at radius 3 is 2.39 bits per heavy atom. The standard InChI is InChI=1S/C22H23F3N4O3S/c1-4-29-20(14(2)32-18-8-6-5-7-17(18)31-3)27-28-21(29)33-13-19(30)26-16-11-9-15(10-12-16)22(23,24)25/h5-12,14H,4,13H2,1-3H3,(H,26,30). The first kappa shape index (κ1) is 24.4. The topological polar surface area (TPSA) is 78.3 Å². The molecule has 0 saturated carbocycles. The molecule has 1 heterocycles. The van der Waals surface area contributed by atoms with Gasteiger partial charge in [-0.3, -0.25) is 4.79 Å². The van der Waals surface area contributed by atoms with E-state index in [4.69, 9.17) is 9.47 Å². The fourth-order valence-electron chi connectivity index (χ4n) is 3.03. The largest absolute Gasteiger partial charge is 0.493 e. The first-order valence-electron chi connectivity index (χ1n) is 10.1. The molecule has 1 amide bonds. The Balaban J connectivity index is 1.62. The van der Waals surface area contributed by atoms with Gasteiger partial charge in [-0.1, -0.05) is 23.9 Å². The average molecular weight is 481 g/mol. The minimum atomic E-state index is -4.42. The second kappa shape index (κ2) is 10.6. The summed E-state index contributed by atoms with van der Waals surface area (Å²) in [5.74, 6) is 1.41. The van der Waals surface area contributed by atoms with Crippen LogP contribution < -0.4 is 14.8 Å². The Labute approximate surface area is 193 Å². The van der Waals surface area contributed by atoms with Crippen molar-refractivity contribution in [2.75, 3.05) is 18.2 Å². The lowest BCUT2D eigenvalue weighted by Gasteiger charge is -2.17. The van der Waals surface area contributed by atoms with Crippen molar-refractivity contribution in [2.45, 2.75) is 37.8 Å². The van der Waals surface area contributed by atoms with E-state index in [0.717, 1.165) is 12.1 Å². The van der Waals surface area contributed by atoms with Gasteiger partial charge < -0.3 is 19.4 Å². The number of hydrogen-bond acceptors (Lipinski definition) is 6. The zero-order valence-electron chi connectivity index (χ0n) is 18.2. The Morgan fingerprint density at radius 1 is 1.12 bits per heavy atom. The molecule has 33 heavy (non-hydrogen) atoms. The summed E-state index contributed by atoms with van der Waals surface area (Å²) in [6.07, 6.45) is -4.85. The molecule has 0 fully saturated rings. The van der Waals surface area contributed by atoms with Crippen molar-refractivity contribution >= 4 is 23.4 Å². The number of rotatable bonds is 9. The molecule has 1 atom stereocenters. The maximum Gasteiger partial charge on any atom is 0.416 e. The van der Waals surface area contributed by atoms with Gasteiger partial charge in [-0.25, -0.2) is 0 Å². The number of alkyl halides is 3. The monoisotopic (exact) mass is 480 g/mol. The molecule has 0 aliphatic rings. The van der Waals surface area contributed by atoms with E-state index in [9.17, 15) is 18.0 Å². The molecule has 0 radical (unpaired) electrons. The van der Waals surface area contributed by atoms with Crippen molar-refractivity contribution in [3.63, 3.8) is 0 Å². The predicted octanol–water partition coefficient (Wildman–Crippen LogP) is 5.20. The van der Waals surface area contributed by atoms with Crippen LogP contribution in [0.15, 0.2) is 53.7 Å². The maximum absolute atomic E-state index is 12.7. The number of nitrogens with one attached hydrogen (secondary N) is 1. The average Bonchev–Trinajstić information content (AvgIpc) is 3.21. The highest BCUT2D eigenvalue weighted by Crippen LogP contribution is 2.32. The molecule has 3 aromatic rings. The van der Waals surface area contributed by atoms with Crippen molar-refractivity contribution < 1.29 is 27.4 Å². The van der Waals surface area contributed by atoms with E-state index in [1.807, 2.05) is 30.5 Å². The number of nitrogens with zero attached hydrogens (tertiary/aromatic N) is 3. The quantitative estimate of drug-likeness (QED) is 0.425. The highest BCUT2D eigenvalue weighted by Gasteiger charge is 2.30. The lowest BCUT2D eigenvalue weighted by molar-refractivity contribution is -0.137. The number of para-hydroxylation sites is 2. The van der Waals surface area contributed by atoms with Crippen LogP contribution in [0.4, 0.5) is 18.9 Å². The fourth-order valence-corrected chi connectivity index (χ4v) is 3.84. The summed E-state index contributed by atoms with van der Waals surface area (Å²) < 4.78 is 51.1. The van der Waals surface area contributed by atoms with E-state index >= 15 is 0 Å². The van der Waals surface area contributed by atoms with E-state index in [1.54, 1.807) is 19.2 Å². The summed E-state index contributed by atoms with van der Waals surface area (Å²) in [7, 11) is 1.56. The maximum atomic E-state index is 12.7. The molecule has 2 aromatic carbocycles. The summed E-state index contributed by atoms with van der Waals surface area (Å²) in [6.45, 7) is 4.33. The molecule has 1 unspecified atom stereocenters. The molecule has 0 aliphatic carbocycles. The second-order valence-electron chi connectivity index (χ2n) is 6.91. The molecule has 0 spiro atoms. The van der Waals surface area contributed by atoms with Crippen LogP contribution in [0.25, 0.3) is 0 Å². The number of benzene rings is 2. The minimum Gasteiger partial charge on any atom is -0.493 e. The molecular formula is C22H23F3N4O3S. The molecule has 7 nitrogen and oxygen atoms in total. The van der Waals surface area contributed by atoms with E-state index in [-0.39, 0.29) is 17.3 Å². The van der Waals surface area contributed by atoms with Crippen molar-refractivity contribution in [3.8, 4) is 11.5 Å². The van der Waals surface area contributed by atoms with Gasteiger partial charge in [0.25, 0.3) is 0 Å². The number of methoxy groups -OCH3 is 1. The molecule has 1 aromatic heterocycles. The number of carbonyl (C=O) groups is 1. The Bertz CT molecular complexity index is 1090. The summed E-state index contributed by atoms with van der Waals surface area (Å²) >= 11 is 1.18. The van der Waals surface area contributed by atoms with Gasteiger partial charge in [-0.15, -0.1) is 10.2 Å². The number of aromatic nitrogens is 3. The van der Waals surface area contributed by atoms with Gasteiger partial charge >= 0.3 is 6.18 Å². The van der Waals surface area contributed by atoms with Crippen LogP contribution in [0, 0.1) is 0 Å². The SMILES string of the molecule is CCn1c(SCC(=O)Nc2ccc(C(F)(F)F)cc2)nnc1C(C)Oc1ccccc1OC. The third kappa shape index (κ3) is 6.19. The van der Waals surface area contributed by atoms with E-state index in [0.29, 0.717) is 29.0 Å². The molecule has 176 valence electrons. The number of anilines is 1. The summed E-state index contributed by atoms with van der Waals surface area (Å²) in [4.78, 5) is 12.3. The van der Waals surface area contributed by atoms with E-state index < -0.39 is 17.8 Å². The first-order chi connectivity index (χ1) is 15.7. The zero-order valence-corrected chi connectivity index (χ0v) is 19.0.